The first-order chi connectivity index (χ1) is 13.9. The van der Waals surface area contributed by atoms with E-state index in [1.807, 2.05) is 19.1 Å². The minimum absolute atomic E-state index is 0.0720. The second kappa shape index (κ2) is 8.81. The summed E-state index contributed by atoms with van der Waals surface area (Å²) in [4.78, 5) is 25.2. The molecule has 0 heterocycles. The average Bonchev–Trinajstić information content (AvgIpc) is 2.73. The van der Waals surface area contributed by atoms with Gasteiger partial charge in [0.15, 0.2) is 5.78 Å². The predicted octanol–water partition coefficient (Wildman–Crippen LogP) is 3.14. The first-order valence-electron chi connectivity index (χ1n) is 8.92. The number of aryl methyl sites for hydroxylation is 1. The summed E-state index contributed by atoms with van der Waals surface area (Å²) in [6.07, 6.45) is 0. The lowest BCUT2D eigenvalue weighted by Crippen LogP contribution is -2.33. The van der Waals surface area contributed by atoms with Gasteiger partial charge in [-0.2, -0.15) is 0 Å². The third-order valence-electron chi connectivity index (χ3n) is 4.24. The van der Waals surface area contributed by atoms with Crippen molar-refractivity contribution in [1.82, 2.24) is 4.72 Å². The van der Waals surface area contributed by atoms with Crippen LogP contribution >= 0.6 is 0 Å². The lowest BCUT2D eigenvalue weighted by Gasteiger charge is -2.11. The zero-order valence-corrected chi connectivity index (χ0v) is 16.6. The molecule has 3 rings (SSSR count). The summed E-state index contributed by atoms with van der Waals surface area (Å²) in [5.41, 5.74) is 2.19. The van der Waals surface area contributed by atoms with E-state index in [2.05, 4.69) is 10.0 Å². The van der Waals surface area contributed by atoms with E-state index in [4.69, 9.17) is 0 Å². The molecule has 2 N–H and O–H groups in total. The Morgan fingerprint density at radius 3 is 2.14 bits per heavy atom. The van der Waals surface area contributed by atoms with Gasteiger partial charge in [0.1, 0.15) is 0 Å². The standard InChI is InChI=1S/C22H20N2O4S/c1-16-11-13-17(14-12-16)22(26)19-9-5-6-10-20(19)24-21(25)15-23-29(27,28)18-7-3-2-4-8-18/h2-14,23H,15H2,1H3,(H,24,25). The van der Waals surface area contributed by atoms with Gasteiger partial charge in [-0.25, -0.2) is 13.1 Å². The molecular formula is C22H20N2O4S. The van der Waals surface area contributed by atoms with Crippen LogP contribution in [0.1, 0.15) is 21.5 Å². The molecule has 0 atom stereocenters. The predicted molar refractivity (Wildman–Crippen MR) is 111 cm³/mol. The van der Waals surface area contributed by atoms with Crippen molar-refractivity contribution in [3.63, 3.8) is 0 Å². The summed E-state index contributed by atoms with van der Waals surface area (Å²) in [6.45, 7) is 1.48. The lowest BCUT2D eigenvalue weighted by molar-refractivity contribution is -0.115. The highest BCUT2D eigenvalue weighted by Crippen LogP contribution is 2.19. The number of carbonyl (C=O) groups is 2. The van der Waals surface area contributed by atoms with E-state index >= 15 is 0 Å². The Morgan fingerprint density at radius 2 is 1.45 bits per heavy atom. The number of ketones is 1. The van der Waals surface area contributed by atoms with Crippen molar-refractivity contribution < 1.29 is 18.0 Å². The summed E-state index contributed by atoms with van der Waals surface area (Å²) in [5, 5.41) is 2.61. The van der Waals surface area contributed by atoms with Crippen LogP contribution in [0.2, 0.25) is 0 Å². The maximum absolute atomic E-state index is 12.8. The van der Waals surface area contributed by atoms with Crippen LogP contribution in [0.15, 0.2) is 83.8 Å². The molecule has 0 aliphatic carbocycles. The molecule has 0 spiro atoms. The molecule has 6 nitrogen and oxygen atoms in total. The molecule has 0 bridgehead atoms. The van der Waals surface area contributed by atoms with Crippen molar-refractivity contribution >= 4 is 27.4 Å². The van der Waals surface area contributed by atoms with Crippen molar-refractivity contribution in [1.29, 1.82) is 0 Å². The Kier molecular flexibility index (Phi) is 6.21. The zero-order valence-electron chi connectivity index (χ0n) is 15.8. The van der Waals surface area contributed by atoms with Gasteiger partial charge >= 0.3 is 0 Å². The van der Waals surface area contributed by atoms with E-state index in [9.17, 15) is 18.0 Å². The minimum atomic E-state index is -3.80. The summed E-state index contributed by atoms with van der Waals surface area (Å²) in [5.74, 6) is -0.806. The monoisotopic (exact) mass is 408 g/mol. The van der Waals surface area contributed by atoms with E-state index < -0.39 is 22.5 Å². The largest absolute Gasteiger partial charge is 0.324 e. The fourth-order valence-corrected chi connectivity index (χ4v) is 3.69. The van der Waals surface area contributed by atoms with Gasteiger partial charge in [-0.3, -0.25) is 9.59 Å². The number of benzene rings is 3. The summed E-state index contributed by atoms with van der Waals surface area (Å²) < 4.78 is 26.7. The van der Waals surface area contributed by atoms with Gasteiger partial charge in [0, 0.05) is 11.1 Å². The molecule has 1 amide bonds. The molecule has 29 heavy (non-hydrogen) atoms. The van der Waals surface area contributed by atoms with Gasteiger partial charge in [-0.05, 0) is 31.2 Å². The van der Waals surface area contributed by atoms with Gasteiger partial charge in [0.2, 0.25) is 15.9 Å². The summed E-state index contributed by atoms with van der Waals surface area (Å²) >= 11 is 0. The number of rotatable bonds is 7. The van der Waals surface area contributed by atoms with E-state index in [0.717, 1.165) is 5.56 Å². The van der Waals surface area contributed by atoms with E-state index in [-0.39, 0.29) is 10.7 Å². The molecule has 0 aliphatic rings. The molecule has 3 aromatic rings. The number of amides is 1. The quantitative estimate of drug-likeness (QED) is 0.588. The Labute approximate surface area is 169 Å². The third-order valence-corrected chi connectivity index (χ3v) is 5.65. The van der Waals surface area contributed by atoms with E-state index in [0.29, 0.717) is 16.8 Å². The Hall–Kier alpha value is -3.29. The van der Waals surface area contributed by atoms with Gasteiger partial charge in [-0.15, -0.1) is 0 Å². The molecule has 0 aliphatic heterocycles. The van der Waals surface area contributed by atoms with Gasteiger partial charge in [0.25, 0.3) is 0 Å². The Balaban J connectivity index is 1.71. The fraction of sp³-hybridized carbons (Fsp3) is 0.0909. The maximum atomic E-state index is 12.8. The zero-order chi connectivity index (χ0) is 20.9. The second-order valence-corrected chi connectivity index (χ2v) is 8.19. The fourth-order valence-electron chi connectivity index (χ4n) is 2.69. The maximum Gasteiger partial charge on any atom is 0.241 e. The molecule has 0 fully saturated rings. The number of hydrogen-bond acceptors (Lipinski definition) is 4. The molecule has 0 aromatic heterocycles. The van der Waals surface area contributed by atoms with Crippen molar-refractivity contribution in [2.24, 2.45) is 0 Å². The topological polar surface area (TPSA) is 92.3 Å². The first-order valence-corrected chi connectivity index (χ1v) is 10.4. The molecule has 0 unspecified atom stereocenters. The SMILES string of the molecule is Cc1ccc(C(=O)c2ccccc2NC(=O)CNS(=O)(=O)c2ccccc2)cc1. The van der Waals surface area contributed by atoms with Crippen LogP contribution in [-0.4, -0.2) is 26.7 Å². The number of nitrogens with one attached hydrogen (secondary N) is 2. The van der Waals surface area contributed by atoms with Crippen molar-refractivity contribution in [2.45, 2.75) is 11.8 Å². The van der Waals surface area contributed by atoms with Crippen LogP contribution in [0.4, 0.5) is 5.69 Å². The van der Waals surface area contributed by atoms with E-state index in [1.54, 1.807) is 54.6 Å². The summed E-state index contributed by atoms with van der Waals surface area (Å²) in [6, 6.07) is 21.5. The number of sulfonamides is 1. The minimum Gasteiger partial charge on any atom is -0.324 e. The van der Waals surface area contributed by atoms with Crippen molar-refractivity contribution in [3.05, 3.63) is 95.6 Å². The first kappa shape index (κ1) is 20.4. The van der Waals surface area contributed by atoms with Gasteiger partial charge < -0.3 is 5.32 Å². The smallest absolute Gasteiger partial charge is 0.241 e. The van der Waals surface area contributed by atoms with Crippen LogP contribution in [0.5, 0.6) is 0 Å². The third kappa shape index (κ3) is 5.16. The molecule has 0 saturated heterocycles. The Morgan fingerprint density at radius 1 is 0.828 bits per heavy atom. The molecule has 7 heteroatoms. The van der Waals surface area contributed by atoms with E-state index in [1.165, 1.54) is 12.1 Å². The van der Waals surface area contributed by atoms with Crippen molar-refractivity contribution in [2.75, 3.05) is 11.9 Å². The van der Waals surface area contributed by atoms with Crippen molar-refractivity contribution in [3.8, 4) is 0 Å². The average molecular weight is 408 g/mol. The van der Waals surface area contributed by atoms with Crippen LogP contribution < -0.4 is 10.0 Å². The second-order valence-electron chi connectivity index (χ2n) is 6.43. The summed E-state index contributed by atoms with van der Waals surface area (Å²) in [7, 11) is -3.80. The number of para-hydroxylation sites is 1. The van der Waals surface area contributed by atoms with Gasteiger partial charge in [-0.1, -0.05) is 60.2 Å². The van der Waals surface area contributed by atoms with Gasteiger partial charge in [0.05, 0.1) is 17.1 Å². The Bertz CT molecular complexity index is 1120. The highest BCUT2D eigenvalue weighted by atomic mass is 32.2. The molecule has 0 radical (unpaired) electrons. The number of anilines is 1. The van der Waals surface area contributed by atoms with Crippen LogP contribution in [-0.2, 0) is 14.8 Å². The normalized spacial score (nSPS) is 11.1. The molecule has 0 saturated carbocycles. The highest BCUT2D eigenvalue weighted by molar-refractivity contribution is 7.89. The molecule has 3 aromatic carbocycles. The number of carbonyl (C=O) groups excluding carboxylic acids is 2. The number of hydrogen-bond donors (Lipinski definition) is 2. The molecule has 148 valence electrons. The van der Waals surface area contributed by atoms with Crippen LogP contribution in [0, 0.1) is 6.92 Å². The van der Waals surface area contributed by atoms with Crippen LogP contribution in [0.25, 0.3) is 0 Å². The molecular weight excluding hydrogens is 388 g/mol. The highest BCUT2D eigenvalue weighted by Gasteiger charge is 2.17. The lowest BCUT2D eigenvalue weighted by atomic mass is 10.0. The van der Waals surface area contributed by atoms with Crippen LogP contribution in [0.3, 0.4) is 0 Å².